The van der Waals surface area contributed by atoms with Crippen molar-refractivity contribution in [1.29, 1.82) is 0 Å². The van der Waals surface area contributed by atoms with Crippen LogP contribution in [-0.2, 0) is 0 Å². The zero-order valence-corrected chi connectivity index (χ0v) is 13.8. The molecule has 1 aromatic heterocycles. The molecule has 7 heteroatoms. The fourth-order valence-electron chi connectivity index (χ4n) is 4.00. The van der Waals surface area contributed by atoms with Crippen molar-refractivity contribution in [2.24, 2.45) is 10.9 Å². The van der Waals surface area contributed by atoms with Gasteiger partial charge in [0.15, 0.2) is 5.78 Å². The van der Waals surface area contributed by atoms with Crippen molar-refractivity contribution < 1.29 is 9.18 Å². The van der Waals surface area contributed by atoms with Crippen LogP contribution in [0.2, 0.25) is 0 Å². The van der Waals surface area contributed by atoms with Crippen LogP contribution < -0.4 is 11.2 Å². The van der Waals surface area contributed by atoms with Gasteiger partial charge in [-0.2, -0.15) is 0 Å². The number of carbonyl (C=O) groups excluding carboxylic acids is 1. The fraction of sp³-hybridized carbons (Fsp3) is 0.100. The number of aromatic nitrogens is 2. The summed E-state index contributed by atoms with van der Waals surface area (Å²) in [6, 6.07) is 12.8. The van der Waals surface area contributed by atoms with Gasteiger partial charge in [-0.15, -0.1) is 0 Å². The summed E-state index contributed by atoms with van der Waals surface area (Å²) in [7, 11) is 0. The number of hydrogen-bond donors (Lipinski definition) is 2. The lowest BCUT2D eigenvalue weighted by atomic mass is 9.76. The van der Waals surface area contributed by atoms with E-state index in [0.29, 0.717) is 22.4 Å². The van der Waals surface area contributed by atoms with Crippen LogP contribution in [0, 0.1) is 11.7 Å². The van der Waals surface area contributed by atoms with Gasteiger partial charge in [-0.05, 0) is 17.7 Å². The van der Waals surface area contributed by atoms with Gasteiger partial charge in [0.2, 0.25) is 0 Å². The Kier molecular flexibility index (Phi) is 3.15. The Bertz CT molecular complexity index is 1250. The number of carbonyl (C=O) groups is 1. The van der Waals surface area contributed by atoms with Gasteiger partial charge in [-0.1, -0.05) is 36.4 Å². The number of aliphatic imine (C=N–C) groups is 1. The molecule has 2 atom stereocenters. The topological polar surface area (TPSA) is 95.2 Å². The lowest BCUT2D eigenvalue weighted by Gasteiger charge is -2.28. The molecule has 0 fully saturated rings. The van der Waals surface area contributed by atoms with Crippen LogP contribution in [0.1, 0.15) is 33.0 Å². The molecule has 1 unspecified atom stereocenters. The average molecular weight is 361 g/mol. The van der Waals surface area contributed by atoms with E-state index < -0.39 is 28.9 Å². The molecule has 5 rings (SSSR count). The molecule has 2 heterocycles. The van der Waals surface area contributed by atoms with E-state index in [1.165, 1.54) is 12.1 Å². The molecule has 0 spiro atoms. The summed E-state index contributed by atoms with van der Waals surface area (Å²) < 4.78 is 13.4. The highest BCUT2D eigenvalue weighted by molar-refractivity contribution is 6.30. The minimum absolute atomic E-state index is 0.133. The zero-order chi connectivity index (χ0) is 18.7. The molecular weight excluding hydrogens is 349 g/mol. The molecule has 0 amide bonds. The predicted octanol–water partition coefficient (Wildman–Crippen LogP) is 2.28. The quantitative estimate of drug-likeness (QED) is 0.696. The summed E-state index contributed by atoms with van der Waals surface area (Å²) in [4.78, 5) is 46.7. The van der Waals surface area contributed by atoms with Crippen molar-refractivity contribution in [2.45, 2.75) is 5.92 Å². The van der Waals surface area contributed by atoms with E-state index in [0.717, 1.165) is 0 Å². The third-order valence-corrected chi connectivity index (χ3v) is 5.11. The first-order valence-electron chi connectivity index (χ1n) is 8.39. The smallest absolute Gasteiger partial charge is 0.293 e. The Morgan fingerprint density at radius 1 is 0.852 bits per heavy atom. The number of H-pyrrole nitrogens is 2. The molecule has 2 aliphatic rings. The number of ketones is 1. The van der Waals surface area contributed by atoms with Gasteiger partial charge in [-0.3, -0.25) is 19.6 Å². The molecular formula is C20H12FN3O3. The third kappa shape index (κ3) is 2.18. The van der Waals surface area contributed by atoms with E-state index in [2.05, 4.69) is 15.0 Å². The van der Waals surface area contributed by atoms with Crippen LogP contribution in [0.15, 0.2) is 63.1 Å². The number of rotatable bonds is 1. The second-order valence-electron chi connectivity index (χ2n) is 6.58. The number of nitrogens with one attached hydrogen (secondary N) is 2. The van der Waals surface area contributed by atoms with Gasteiger partial charge in [0, 0.05) is 17.0 Å². The van der Waals surface area contributed by atoms with Gasteiger partial charge < -0.3 is 0 Å². The highest BCUT2D eigenvalue weighted by Crippen LogP contribution is 2.45. The molecule has 3 aromatic rings. The molecule has 0 bridgehead atoms. The minimum Gasteiger partial charge on any atom is -0.293 e. The van der Waals surface area contributed by atoms with Crippen molar-refractivity contribution in [3.63, 3.8) is 0 Å². The van der Waals surface area contributed by atoms with E-state index in [1.54, 1.807) is 36.4 Å². The van der Waals surface area contributed by atoms with Gasteiger partial charge in [0.05, 0.1) is 17.2 Å². The average Bonchev–Trinajstić information content (AvgIpc) is 2.93. The first-order valence-corrected chi connectivity index (χ1v) is 8.39. The summed E-state index contributed by atoms with van der Waals surface area (Å²) in [6.07, 6.45) is 0. The SMILES string of the molecule is O=C1c2ccccc2C2=Nc3[nH]c(=O)[nH]c(=O)c3[C@H](c3ccc(F)cc3)C12. The highest BCUT2D eigenvalue weighted by atomic mass is 19.1. The Hall–Kier alpha value is -3.61. The normalized spacial score (nSPS) is 19.9. The number of fused-ring (bicyclic) bond motifs is 4. The number of Topliss-reactive ketones (excluding diaryl/α,β-unsaturated/α-hetero) is 1. The third-order valence-electron chi connectivity index (χ3n) is 5.11. The summed E-state index contributed by atoms with van der Waals surface area (Å²) >= 11 is 0. The molecule has 132 valence electrons. The second kappa shape index (κ2) is 5.44. The van der Waals surface area contributed by atoms with Crippen LogP contribution in [0.25, 0.3) is 0 Å². The number of benzene rings is 2. The van der Waals surface area contributed by atoms with Gasteiger partial charge in [-0.25, -0.2) is 14.2 Å². The zero-order valence-electron chi connectivity index (χ0n) is 13.8. The molecule has 6 nitrogen and oxygen atoms in total. The standard InChI is InChI=1S/C20H12FN3O3/c21-10-7-5-9(6-8-10)13-14-16(11-3-1-2-4-12(11)17(14)25)22-18-15(13)19(26)24-20(27)23-18/h1-8,13-14H,(H2,23,24,26,27)/t13-,14?/m1/s1. The largest absolute Gasteiger partial charge is 0.327 e. The number of aromatic amines is 2. The van der Waals surface area contributed by atoms with Crippen molar-refractivity contribution in [1.82, 2.24) is 9.97 Å². The first-order chi connectivity index (χ1) is 13.0. The predicted molar refractivity (Wildman–Crippen MR) is 96.4 cm³/mol. The number of halogens is 1. The van der Waals surface area contributed by atoms with Crippen LogP contribution in [0.3, 0.4) is 0 Å². The monoisotopic (exact) mass is 361 g/mol. The molecule has 2 aromatic carbocycles. The Labute approximate surface area is 151 Å². The molecule has 0 saturated carbocycles. The molecule has 0 radical (unpaired) electrons. The highest BCUT2D eigenvalue weighted by Gasteiger charge is 2.47. The Balaban J connectivity index is 1.85. The van der Waals surface area contributed by atoms with E-state index in [1.807, 2.05) is 0 Å². The van der Waals surface area contributed by atoms with Crippen LogP contribution in [0.4, 0.5) is 10.2 Å². The fourth-order valence-corrected chi connectivity index (χ4v) is 4.00. The minimum atomic E-state index is -0.702. The summed E-state index contributed by atoms with van der Waals surface area (Å²) in [5, 5.41) is 0. The maximum atomic E-state index is 13.4. The van der Waals surface area contributed by atoms with Crippen molar-refractivity contribution >= 4 is 17.3 Å². The summed E-state index contributed by atoms with van der Waals surface area (Å²) in [5.41, 5.74) is 1.27. The molecule has 1 aliphatic carbocycles. The van der Waals surface area contributed by atoms with Crippen molar-refractivity contribution in [2.75, 3.05) is 0 Å². The van der Waals surface area contributed by atoms with E-state index in [4.69, 9.17) is 0 Å². The number of hydrogen-bond acceptors (Lipinski definition) is 4. The molecule has 0 saturated heterocycles. The Morgan fingerprint density at radius 2 is 1.56 bits per heavy atom. The van der Waals surface area contributed by atoms with Gasteiger partial charge in [0.1, 0.15) is 11.6 Å². The van der Waals surface area contributed by atoms with E-state index in [-0.39, 0.29) is 17.2 Å². The van der Waals surface area contributed by atoms with Gasteiger partial charge in [0.25, 0.3) is 5.56 Å². The van der Waals surface area contributed by atoms with Crippen LogP contribution >= 0.6 is 0 Å². The summed E-state index contributed by atoms with van der Waals surface area (Å²) in [5.74, 6) is -1.80. The second-order valence-corrected chi connectivity index (χ2v) is 6.58. The lowest BCUT2D eigenvalue weighted by molar-refractivity contribution is 0.0953. The van der Waals surface area contributed by atoms with Crippen LogP contribution in [-0.4, -0.2) is 21.5 Å². The lowest BCUT2D eigenvalue weighted by Crippen LogP contribution is -2.36. The summed E-state index contributed by atoms with van der Waals surface area (Å²) in [6.45, 7) is 0. The maximum Gasteiger partial charge on any atom is 0.327 e. The van der Waals surface area contributed by atoms with Crippen LogP contribution in [0.5, 0.6) is 0 Å². The maximum absolute atomic E-state index is 13.4. The molecule has 27 heavy (non-hydrogen) atoms. The Morgan fingerprint density at radius 3 is 2.30 bits per heavy atom. The van der Waals surface area contributed by atoms with E-state index >= 15 is 0 Å². The van der Waals surface area contributed by atoms with Crippen molar-refractivity contribution in [3.05, 3.63) is 97.4 Å². The van der Waals surface area contributed by atoms with E-state index in [9.17, 15) is 18.8 Å². The van der Waals surface area contributed by atoms with Crippen molar-refractivity contribution in [3.8, 4) is 0 Å². The van der Waals surface area contributed by atoms with Gasteiger partial charge >= 0.3 is 5.69 Å². The first kappa shape index (κ1) is 15.6. The number of nitrogens with zero attached hydrogens (tertiary/aromatic N) is 1. The molecule has 2 N–H and O–H groups in total. The molecule has 1 aliphatic heterocycles.